The molecule has 120 valence electrons. The molecule has 0 amide bonds. The van der Waals surface area contributed by atoms with Gasteiger partial charge in [0.05, 0.1) is 12.7 Å². The molecule has 2 rings (SSSR count). The number of ether oxygens (including phenoxy) is 2. The first-order valence-corrected chi connectivity index (χ1v) is 6.81. The van der Waals surface area contributed by atoms with Gasteiger partial charge in [-0.1, -0.05) is 5.16 Å². The van der Waals surface area contributed by atoms with Crippen LogP contribution in [-0.4, -0.2) is 48.7 Å². The molecule has 9 heteroatoms. The van der Waals surface area contributed by atoms with Gasteiger partial charge < -0.3 is 19.3 Å². The minimum atomic E-state index is -4.31. The third kappa shape index (κ3) is 6.40. The summed E-state index contributed by atoms with van der Waals surface area (Å²) in [4.78, 5) is 4.05. The molecule has 0 spiro atoms. The summed E-state index contributed by atoms with van der Waals surface area (Å²) in [5.74, 6) is 0.653. The van der Waals surface area contributed by atoms with Crippen LogP contribution in [0.25, 0.3) is 0 Å². The molecule has 1 saturated heterocycles. The first kappa shape index (κ1) is 16.2. The van der Waals surface area contributed by atoms with E-state index < -0.39 is 12.8 Å². The molecule has 0 saturated carbocycles. The van der Waals surface area contributed by atoms with Gasteiger partial charge in [0.15, 0.2) is 5.82 Å². The fourth-order valence-electron chi connectivity index (χ4n) is 1.95. The van der Waals surface area contributed by atoms with Crippen LogP contribution in [0, 0.1) is 0 Å². The molecular formula is C12H18F3N3O3. The second-order valence-corrected chi connectivity index (χ2v) is 4.78. The molecule has 1 N–H and O–H groups in total. The molecule has 1 aromatic rings. The number of halogens is 3. The number of nitrogens with one attached hydrogen (secondary N) is 1. The van der Waals surface area contributed by atoms with Crippen LogP contribution >= 0.6 is 0 Å². The fourth-order valence-corrected chi connectivity index (χ4v) is 1.95. The lowest BCUT2D eigenvalue weighted by atomic mass is 10.1. The highest BCUT2D eigenvalue weighted by Gasteiger charge is 2.27. The highest BCUT2D eigenvalue weighted by atomic mass is 19.4. The van der Waals surface area contributed by atoms with Crippen molar-refractivity contribution in [2.75, 3.05) is 26.3 Å². The Bertz CT molecular complexity index is 419. The maximum absolute atomic E-state index is 11.9. The van der Waals surface area contributed by atoms with Gasteiger partial charge in [0, 0.05) is 6.42 Å². The Morgan fingerprint density at radius 2 is 2.05 bits per heavy atom. The van der Waals surface area contributed by atoms with E-state index >= 15 is 0 Å². The topological polar surface area (TPSA) is 69.4 Å². The zero-order chi connectivity index (χ0) is 15.1. The van der Waals surface area contributed by atoms with Crippen LogP contribution in [0.1, 0.15) is 24.6 Å². The monoisotopic (exact) mass is 309 g/mol. The zero-order valence-electron chi connectivity index (χ0n) is 11.5. The number of nitrogens with zero attached hydrogens (tertiary/aromatic N) is 2. The first-order chi connectivity index (χ1) is 10.0. The molecule has 1 aliphatic heterocycles. The number of piperidine rings is 1. The van der Waals surface area contributed by atoms with Crippen LogP contribution < -0.4 is 5.32 Å². The van der Waals surface area contributed by atoms with E-state index in [1.807, 2.05) is 0 Å². The molecule has 0 atom stereocenters. The van der Waals surface area contributed by atoms with Crippen LogP contribution in [0.4, 0.5) is 13.2 Å². The molecule has 0 unspecified atom stereocenters. The van der Waals surface area contributed by atoms with Gasteiger partial charge in [0.1, 0.15) is 13.2 Å². The summed E-state index contributed by atoms with van der Waals surface area (Å²) in [6, 6.07) is 0. The lowest BCUT2D eigenvalue weighted by Crippen LogP contribution is -2.32. The molecule has 6 nitrogen and oxygen atoms in total. The Hall–Kier alpha value is -1.19. The summed E-state index contributed by atoms with van der Waals surface area (Å²) in [6.07, 6.45) is -2.09. The van der Waals surface area contributed by atoms with Gasteiger partial charge in [0.2, 0.25) is 0 Å². The second kappa shape index (κ2) is 7.71. The van der Waals surface area contributed by atoms with Gasteiger partial charge >= 0.3 is 6.18 Å². The van der Waals surface area contributed by atoms with Crippen molar-refractivity contribution in [1.29, 1.82) is 0 Å². The van der Waals surface area contributed by atoms with Gasteiger partial charge in [-0.25, -0.2) is 0 Å². The summed E-state index contributed by atoms with van der Waals surface area (Å²) < 4.78 is 50.7. The van der Waals surface area contributed by atoms with Crippen LogP contribution in [0.2, 0.25) is 0 Å². The van der Waals surface area contributed by atoms with Crippen LogP contribution in [-0.2, 0) is 22.5 Å². The number of rotatable bonds is 7. The molecule has 1 fully saturated rings. The van der Waals surface area contributed by atoms with Gasteiger partial charge in [-0.15, -0.1) is 0 Å². The standard InChI is InChI=1S/C12H18F3N3O3/c13-12(14,15)8-19-6-3-10-17-11(21-18-10)7-20-9-1-4-16-5-2-9/h9,16H,1-8H2. The van der Waals surface area contributed by atoms with Crippen LogP contribution in [0.5, 0.6) is 0 Å². The molecular weight excluding hydrogens is 291 g/mol. The number of hydrogen-bond acceptors (Lipinski definition) is 6. The minimum absolute atomic E-state index is 0.104. The van der Waals surface area contributed by atoms with Crippen molar-refractivity contribution in [1.82, 2.24) is 15.5 Å². The predicted molar refractivity (Wildman–Crippen MR) is 65.6 cm³/mol. The summed E-state index contributed by atoms with van der Waals surface area (Å²) in [5.41, 5.74) is 0. The van der Waals surface area contributed by atoms with E-state index in [2.05, 4.69) is 20.2 Å². The molecule has 0 bridgehead atoms. The summed E-state index contributed by atoms with van der Waals surface area (Å²) in [7, 11) is 0. The lowest BCUT2D eigenvalue weighted by molar-refractivity contribution is -0.173. The smallest absolute Gasteiger partial charge is 0.372 e. The van der Waals surface area contributed by atoms with E-state index in [1.165, 1.54) is 0 Å². The van der Waals surface area contributed by atoms with E-state index in [4.69, 9.17) is 9.26 Å². The highest BCUT2D eigenvalue weighted by molar-refractivity contribution is 4.85. The van der Waals surface area contributed by atoms with Crippen LogP contribution in [0.15, 0.2) is 4.52 Å². The Morgan fingerprint density at radius 3 is 2.76 bits per heavy atom. The van der Waals surface area contributed by atoms with Crippen molar-refractivity contribution < 1.29 is 27.2 Å². The zero-order valence-corrected chi connectivity index (χ0v) is 11.5. The van der Waals surface area contributed by atoms with Crippen molar-refractivity contribution in [3.63, 3.8) is 0 Å². The van der Waals surface area contributed by atoms with Crippen molar-refractivity contribution in [3.8, 4) is 0 Å². The van der Waals surface area contributed by atoms with Crippen molar-refractivity contribution >= 4 is 0 Å². The Morgan fingerprint density at radius 1 is 1.29 bits per heavy atom. The number of alkyl halides is 3. The Kier molecular flexibility index (Phi) is 5.95. The number of hydrogen-bond donors (Lipinski definition) is 1. The van der Waals surface area contributed by atoms with Crippen molar-refractivity contribution in [2.24, 2.45) is 0 Å². The van der Waals surface area contributed by atoms with E-state index in [0.717, 1.165) is 25.9 Å². The van der Waals surface area contributed by atoms with E-state index in [1.54, 1.807) is 0 Å². The van der Waals surface area contributed by atoms with Gasteiger partial charge in [-0.2, -0.15) is 18.2 Å². The third-order valence-electron chi connectivity index (χ3n) is 2.97. The van der Waals surface area contributed by atoms with Crippen LogP contribution in [0.3, 0.4) is 0 Å². The predicted octanol–water partition coefficient (Wildman–Crippen LogP) is 1.46. The SMILES string of the molecule is FC(F)(F)COCCc1noc(COC2CCNCC2)n1. The van der Waals surface area contributed by atoms with E-state index in [9.17, 15) is 13.2 Å². The van der Waals surface area contributed by atoms with Gasteiger partial charge in [-0.05, 0) is 25.9 Å². The molecule has 1 aliphatic rings. The molecule has 1 aromatic heterocycles. The molecule has 2 heterocycles. The summed E-state index contributed by atoms with van der Waals surface area (Å²) in [6.45, 7) is 0.706. The second-order valence-electron chi connectivity index (χ2n) is 4.78. The van der Waals surface area contributed by atoms with Crippen molar-refractivity contribution in [3.05, 3.63) is 11.7 Å². The maximum atomic E-state index is 11.9. The summed E-state index contributed by atoms with van der Waals surface area (Å²) in [5, 5.41) is 6.91. The maximum Gasteiger partial charge on any atom is 0.411 e. The van der Waals surface area contributed by atoms with Gasteiger partial charge in [0.25, 0.3) is 5.89 Å². The molecule has 21 heavy (non-hydrogen) atoms. The molecule has 0 aliphatic carbocycles. The van der Waals surface area contributed by atoms with E-state index in [0.29, 0.717) is 11.7 Å². The minimum Gasteiger partial charge on any atom is -0.372 e. The quantitative estimate of drug-likeness (QED) is 0.769. The van der Waals surface area contributed by atoms with Crippen molar-refractivity contribution in [2.45, 2.75) is 38.1 Å². The fraction of sp³-hybridized carbons (Fsp3) is 0.833. The number of aromatic nitrogens is 2. The largest absolute Gasteiger partial charge is 0.411 e. The lowest BCUT2D eigenvalue weighted by Gasteiger charge is -2.21. The average Bonchev–Trinajstić information content (AvgIpc) is 2.89. The average molecular weight is 309 g/mol. The Labute approximate surface area is 120 Å². The normalized spacial score (nSPS) is 17.3. The third-order valence-corrected chi connectivity index (χ3v) is 2.97. The molecule has 0 aromatic carbocycles. The molecule has 0 radical (unpaired) electrons. The summed E-state index contributed by atoms with van der Waals surface area (Å²) >= 11 is 0. The highest BCUT2D eigenvalue weighted by Crippen LogP contribution is 2.14. The Balaban J connectivity index is 1.64. The first-order valence-electron chi connectivity index (χ1n) is 6.81. The van der Waals surface area contributed by atoms with E-state index in [-0.39, 0.29) is 25.7 Å². The van der Waals surface area contributed by atoms with Gasteiger partial charge in [-0.3, -0.25) is 0 Å².